The van der Waals surface area contributed by atoms with Gasteiger partial charge in [-0.3, -0.25) is 9.69 Å². The molecule has 5 heteroatoms. The van der Waals surface area contributed by atoms with Crippen molar-refractivity contribution >= 4 is 5.91 Å². The summed E-state index contributed by atoms with van der Waals surface area (Å²) in [5.41, 5.74) is 5.03. The van der Waals surface area contributed by atoms with Crippen molar-refractivity contribution in [1.82, 2.24) is 14.8 Å². The highest BCUT2D eigenvalue weighted by Crippen LogP contribution is 2.27. The van der Waals surface area contributed by atoms with Crippen molar-refractivity contribution in [3.05, 3.63) is 89.2 Å². The van der Waals surface area contributed by atoms with Crippen LogP contribution in [0.2, 0.25) is 0 Å². The Morgan fingerprint density at radius 2 is 1.83 bits per heavy atom. The van der Waals surface area contributed by atoms with E-state index in [9.17, 15) is 4.79 Å². The molecule has 0 bridgehead atoms. The van der Waals surface area contributed by atoms with Crippen LogP contribution in [0.25, 0.3) is 0 Å². The summed E-state index contributed by atoms with van der Waals surface area (Å²) in [6, 6.07) is 20.7. The first-order valence-corrected chi connectivity index (χ1v) is 10.5. The normalized spacial score (nSPS) is 14.7. The number of aromatic nitrogens is 1. The number of para-hydroxylation sites is 1. The standard InChI is InChI=1S/C25H29N3O2/c1-19-8-3-6-12-24(19)30-18-25(29)26-16-23(22-11-7-14-27(22)2)28-15-13-20-9-4-5-10-21(20)17-28/h3-12,14,23H,13,15-18H2,1-2H3,(H,26,29). The fourth-order valence-corrected chi connectivity index (χ4v) is 4.15. The number of carbonyl (C=O) groups excluding carboxylic acids is 1. The summed E-state index contributed by atoms with van der Waals surface area (Å²) in [6.07, 6.45) is 3.09. The van der Waals surface area contributed by atoms with E-state index in [0.29, 0.717) is 6.54 Å². The zero-order valence-electron chi connectivity index (χ0n) is 17.7. The first-order chi connectivity index (χ1) is 14.6. The molecule has 1 aliphatic heterocycles. The van der Waals surface area contributed by atoms with Crippen LogP contribution in [0.15, 0.2) is 66.9 Å². The van der Waals surface area contributed by atoms with E-state index in [2.05, 4.69) is 64.4 Å². The lowest BCUT2D eigenvalue weighted by atomic mass is 9.98. The van der Waals surface area contributed by atoms with Crippen LogP contribution in [0, 0.1) is 6.92 Å². The van der Waals surface area contributed by atoms with Crippen LogP contribution >= 0.6 is 0 Å². The van der Waals surface area contributed by atoms with Crippen molar-refractivity contribution in [2.24, 2.45) is 7.05 Å². The third-order valence-electron chi connectivity index (χ3n) is 5.87. The second-order valence-electron chi connectivity index (χ2n) is 7.91. The molecule has 30 heavy (non-hydrogen) atoms. The van der Waals surface area contributed by atoms with E-state index in [1.165, 1.54) is 16.8 Å². The lowest BCUT2D eigenvalue weighted by molar-refractivity contribution is -0.123. The Bertz CT molecular complexity index is 1010. The molecule has 0 saturated carbocycles. The van der Waals surface area contributed by atoms with Crippen molar-refractivity contribution in [2.75, 3.05) is 19.7 Å². The van der Waals surface area contributed by atoms with Crippen molar-refractivity contribution < 1.29 is 9.53 Å². The molecule has 1 aliphatic rings. The predicted molar refractivity (Wildman–Crippen MR) is 118 cm³/mol. The fourth-order valence-electron chi connectivity index (χ4n) is 4.15. The molecule has 1 unspecified atom stereocenters. The second kappa shape index (κ2) is 9.18. The molecule has 156 valence electrons. The maximum Gasteiger partial charge on any atom is 0.258 e. The predicted octanol–water partition coefficient (Wildman–Crippen LogP) is 3.63. The first kappa shape index (κ1) is 20.2. The average Bonchev–Trinajstić information content (AvgIpc) is 3.19. The third kappa shape index (κ3) is 4.57. The Hall–Kier alpha value is -3.05. The lowest BCUT2D eigenvalue weighted by Gasteiger charge is -2.36. The molecule has 0 radical (unpaired) electrons. The number of aryl methyl sites for hydroxylation is 2. The number of nitrogens with zero attached hydrogens (tertiary/aromatic N) is 2. The summed E-state index contributed by atoms with van der Waals surface area (Å²) in [7, 11) is 2.06. The van der Waals surface area contributed by atoms with E-state index in [-0.39, 0.29) is 18.6 Å². The van der Waals surface area contributed by atoms with E-state index in [1.807, 2.05) is 31.2 Å². The Morgan fingerprint density at radius 1 is 1.07 bits per heavy atom. The summed E-state index contributed by atoms with van der Waals surface area (Å²) in [5.74, 6) is 0.647. The van der Waals surface area contributed by atoms with Gasteiger partial charge < -0.3 is 14.6 Å². The zero-order chi connectivity index (χ0) is 20.9. The molecule has 2 aromatic carbocycles. The summed E-state index contributed by atoms with van der Waals surface area (Å²) in [5, 5.41) is 3.09. The van der Waals surface area contributed by atoms with E-state index in [4.69, 9.17) is 4.74 Å². The lowest BCUT2D eigenvalue weighted by Crippen LogP contribution is -2.42. The molecule has 1 N–H and O–H groups in total. The zero-order valence-corrected chi connectivity index (χ0v) is 17.7. The van der Waals surface area contributed by atoms with Gasteiger partial charge in [0.15, 0.2) is 6.61 Å². The highest BCUT2D eigenvalue weighted by molar-refractivity contribution is 5.77. The maximum atomic E-state index is 12.5. The first-order valence-electron chi connectivity index (χ1n) is 10.5. The molecule has 1 atom stereocenters. The van der Waals surface area contributed by atoms with Crippen molar-refractivity contribution in [2.45, 2.75) is 25.9 Å². The van der Waals surface area contributed by atoms with E-state index >= 15 is 0 Å². The maximum absolute atomic E-state index is 12.5. The van der Waals surface area contributed by atoms with Crippen LogP contribution in [0.1, 0.15) is 28.4 Å². The summed E-state index contributed by atoms with van der Waals surface area (Å²) in [6.45, 7) is 4.42. The summed E-state index contributed by atoms with van der Waals surface area (Å²) >= 11 is 0. The van der Waals surface area contributed by atoms with Crippen LogP contribution < -0.4 is 10.1 Å². The molecule has 0 aliphatic carbocycles. The highest BCUT2D eigenvalue weighted by Gasteiger charge is 2.26. The average molecular weight is 404 g/mol. The van der Waals surface area contributed by atoms with Gasteiger partial charge in [-0.2, -0.15) is 0 Å². The summed E-state index contributed by atoms with van der Waals surface area (Å²) < 4.78 is 7.85. The highest BCUT2D eigenvalue weighted by atomic mass is 16.5. The van der Waals surface area contributed by atoms with Gasteiger partial charge in [0, 0.05) is 38.6 Å². The number of nitrogens with one attached hydrogen (secondary N) is 1. The Labute approximate surface area is 178 Å². The van der Waals surface area contributed by atoms with Crippen LogP contribution in [-0.2, 0) is 24.8 Å². The fraction of sp³-hybridized carbons (Fsp3) is 0.320. The minimum atomic E-state index is -0.102. The molecular formula is C25H29N3O2. The second-order valence-corrected chi connectivity index (χ2v) is 7.91. The number of fused-ring (bicyclic) bond motifs is 1. The number of hydrogen-bond donors (Lipinski definition) is 1. The molecule has 1 amide bonds. The molecule has 3 aromatic rings. The van der Waals surface area contributed by atoms with E-state index < -0.39 is 0 Å². The third-order valence-corrected chi connectivity index (χ3v) is 5.87. The molecule has 0 spiro atoms. The van der Waals surface area contributed by atoms with Crippen LogP contribution in [0.3, 0.4) is 0 Å². The van der Waals surface area contributed by atoms with Gasteiger partial charge in [0.1, 0.15) is 5.75 Å². The van der Waals surface area contributed by atoms with Gasteiger partial charge in [-0.25, -0.2) is 0 Å². The van der Waals surface area contributed by atoms with Gasteiger partial charge in [0.2, 0.25) is 0 Å². The number of rotatable bonds is 7. The topological polar surface area (TPSA) is 46.5 Å². The van der Waals surface area contributed by atoms with Crippen LogP contribution in [0.4, 0.5) is 0 Å². The smallest absolute Gasteiger partial charge is 0.258 e. The Morgan fingerprint density at radius 3 is 2.60 bits per heavy atom. The van der Waals surface area contributed by atoms with Gasteiger partial charge >= 0.3 is 0 Å². The van der Waals surface area contributed by atoms with Crippen LogP contribution in [-0.4, -0.2) is 35.1 Å². The Balaban J connectivity index is 1.42. The molecular weight excluding hydrogens is 374 g/mol. The number of amides is 1. The van der Waals surface area contributed by atoms with Crippen molar-refractivity contribution in [3.8, 4) is 5.75 Å². The van der Waals surface area contributed by atoms with Gasteiger partial charge in [0.25, 0.3) is 5.91 Å². The molecule has 5 nitrogen and oxygen atoms in total. The molecule has 1 aromatic heterocycles. The summed E-state index contributed by atoms with van der Waals surface area (Å²) in [4.78, 5) is 15.0. The number of benzene rings is 2. The molecule has 2 heterocycles. The van der Waals surface area contributed by atoms with Crippen molar-refractivity contribution in [3.63, 3.8) is 0 Å². The molecule has 0 fully saturated rings. The molecule has 4 rings (SSSR count). The Kier molecular flexibility index (Phi) is 6.19. The van der Waals surface area contributed by atoms with Crippen molar-refractivity contribution in [1.29, 1.82) is 0 Å². The quantitative estimate of drug-likeness (QED) is 0.655. The van der Waals surface area contributed by atoms with Gasteiger partial charge in [0.05, 0.1) is 6.04 Å². The monoisotopic (exact) mass is 403 g/mol. The minimum Gasteiger partial charge on any atom is -0.484 e. The number of hydrogen-bond acceptors (Lipinski definition) is 3. The number of carbonyl (C=O) groups is 1. The van der Waals surface area contributed by atoms with Gasteiger partial charge in [-0.05, 0) is 48.2 Å². The largest absolute Gasteiger partial charge is 0.484 e. The van der Waals surface area contributed by atoms with Gasteiger partial charge in [-0.15, -0.1) is 0 Å². The molecule has 0 saturated heterocycles. The van der Waals surface area contributed by atoms with Gasteiger partial charge in [-0.1, -0.05) is 42.5 Å². The van der Waals surface area contributed by atoms with E-state index in [1.54, 1.807) is 0 Å². The number of ether oxygens (including phenoxy) is 1. The SMILES string of the molecule is Cc1ccccc1OCC(=O)NCC(c1cccn1C)N1CCc2ccccc2C1. The van der Waals surface area contributed by atoms with Crippen LogP contribution in [0.5, 0.6) is 5.75 Å². The van der Waals surface area contributed by atoms with E-state index in [0.717, 1.165) is 30.8 Å². The minimum absolute atomic E-state index is 0.0214.